The minimum absolute atomic E-state index is 0.123. The van der Waals surface area contributed by atoms with Gasteiger partial charge in [-0.3, -0.25) is 0 Å². The van der Waals surface area contributed by atoms with Crippen molar-refractivity contribution in [2.24, 2.45) is 0 Å². The Morgan fingerprint density at radius 1 is 1.26 bits per heavy atom. The van der Waals surface area contributed by atoms with Crippen molar-refractivity contribution in [2.75, 3.05) is 7.05 Å². The summed E-state index contributed by atoms with van der Waals surface area (Å²) < 4.78 is 27.7. The summed E-state index contributed by atoms with van der Waals surface area (Å²) in [5, 5.41) is 3.06. The van der Waals surface area contributed by atoms with E-state index in [4.69, 9.17) is 0 Å². The van der Waals surface area contributed by atoms with Gasteiger partial charge in [0.25, 0.3) is 0 Å². The van der Waals surface area contributed by atoms with Gasteiger partial charge in [-0.25, -0.2) is 13.1 Å². The van der Waals surface area contributed by atoms with Gasteiger partial charge in [0.1, 0.15) is 0 Å². The van der Waals surface area contributed by atoms with Crippen LogP contribution in [0.2, 0.25) is 0 Å². The van der Waals surface area contributed by atoms with Crippen LogP contribution in [0.4, 0.5) is 0 Å². The van der Waals surface area contributed by atoms with Gasteiger partial charge in [-0.2, -0.15) is 0 Å². The highest BCUT2D eigenvalue weighted by atomic mass is 32.2. The molecule has 0 amide bonds. The van der Waals surface area contributed by atoms with Crippen LogP contribution >= 0.6 is 0 Å². The van der Waals surface area contributed by atoms with Crippen molar-refractivity contribution in [1.29, 1.82) is 0 Å². The summed E-state index contributed by atoms with van der Waals surface area (Å²) in [4.78, 5) is 0.421. The summed E-state index contributed by atoms with van der Waals surface area (Å²) in [5.41, 5.74) is 2.85. The third kappa shape index (κ3) is 3.16. The first-order chi connectivity index (χ1) is 8.94. The van der Waals surface area contributed by atoms with Crippen molar-refractivity contribution in [3.8, 4) is 0 Å². The van der Waals surface area contributed by atoms with Crippen LogP contribution in [0, 0.1) is 13.8 Å². The summed E-state index contributed by atoms with van der Waals surface area (Å²) in [6.07, 6.45) is 3.02. The van der Waals surface area contributed by atoms with E-state index in [0.29, 0.717) is 11.4 Å². The molecule has 0 saturated heterocycles. The molecule has 0 aliphatic heterocycles. The summed E-state index contributed by atoms with van der Waals surface area (Å²) in [6.45, 7) is 4.50. The van der Waals surface area contributed by atoms with Crippen LogP contribution in [0.5, 0.6) is 0 Å². The number of sulfonamides is 1. The average Bonchev–Trinajstić information content (AvgIpc) is 2.29. The Hall–Kier alpha value is -0.910. The molecule has 5 heteroatoms. The minimum Gasteiger partial charge on any atom is -0.316 e. The number of rotatable bonds is 5. The molecule has 0 aromatic heterocycles. The van der Waals surface area contributed by atoms with Crippen LogP contribution in [-0.2, 0) is 16.6 Å². The van der Waals surface area contributed by atoms with Crippen LogP contribution in [0.15, 0.2) is 17.0 Å². The average molecular weight is 282 g/mol. The van der Waals surface area contributed by atoms with E-state index in [1.165, 1.54) is 0 Å². The van der Waals surface area contributed by atoms with E-state index in [2.05, 4.69) is 10.0 Å². The summed E-state index contributed by atoms with van der Waals surface area (Å²) >= 11 is 0. The Morgan fingerprint density at radius 2 is 1.95 bits per heavy atom. The number of hydrogen-bond acceptors (Lipinski definition) is 3. The molecule has 1 aliphatic rings. The number of nitrogens with one attached hydrogen (secondary N) is 2. The molecule has 0 bridgehead atoms. The van der Waals surface area contributed by atoms with E-state index in [1.54, 1.807) is 6.07 Å². The van der Waals surface area contributed by atoms with Crippen molar-refractivity contribution in [2.45, 2.75) is 50.6 Å². The lowest BCUT2D eigenvalue weighted by Gasteiger charge is -2.26. The highest BCUT2D eigenvalue weighted by Crippen LogP contribution is 2.25. The lowest BCUT2D eigenvalue weighted by atomic mass is 9.94. The van der Waals surface area contributed by atoms with E-state index < -0.39 is 10.0 Å². The molecule has 0 radical (unpaired) electrons. The largest absolute Gasteiger partial charge is 0.316 e. The topological polar surface area (TPSA) is 58.2 Å². The SMILES string of the molecule is CNCc1cc(C)c(C)c(S(=O)(=O)NC2CCC2)c1. The Bertz CT molecular complexity index is 563. The molecule has 1 saturated carbocycles. The van der Waals surface area contributed by atoms with Gasteiger partial charge in [-0.1, -0.05) is 12.5 Å². The Labute approximate surface area is 115 Å². The first-order valence-electron chi connectivity index (χ1n) is 6.71. The first-order valence-corrected chi connectivity index (χ1v) is 8.19. The fourth-order valence-electron chi connectivity index (χ4n) is 2.29. The summed E-state index contributed by atoms with van der Waals surface area (Å²) in [5.74, 6) is 0. The fraction of sp³-hybridized carbons (Fsp3) is 0.571. The van der Waals surface area contributed by atoms with Gasteiger partial charge in [-0.05, 0) is 56.5 Å². The van der Waals surface area contributed by atoms with Gasteiger partial charge in [0.2, 0.25) is 10.0 Å². The highest BCUT2D eigenvalue weighted by Gasteiger charge is 2.26. The molecule has 1 aromatic carbocycles. The lowest BCUT2D eigenvalue weighted by molar-refractivity contribution is 0.383. The van der Waals surface area contributed by atoms with Gasteiger partial charge >= 0.3 is 0 Å². The molecule has 4 nitrogen and oxygen atoms in total. The molecule has 106 valence electrons. The number of aryl methyl sites for hydroxylation is 1. The highest BCUT2D eigenvalue weighted by molar-refractivity contribution is 7.89. The van der Waals surface area contributed by atoms with Gasteiger partial charge in [-0.15, -0.1) is 0 Å². The predicted octanol–water partition coefficient (Wildman–Crippen LogP) is 1.85. The molecule has 0 unspecified atom stereocenters. The van der Waals surface area contributed by atoms with Crippen molar-refractivity contribution in [3.05, 3.63) is 28.8 Å². The fourth-order valence-corrected chi connectivity index (χ4v) is 3.97. The Balaban J connectivity index is 2.36. The Kier molecular flexibility index (Phi) is 4.28. The van der Waals surface area contributed by atoms with Crippen LogP contribution < -0.4 is 10.0 Å². The Morgan fingerprint density at radius 3 is 2.47 bits per heavy atom. The van der Waals surface area contributed by atoms with E-state index >= 15 is 0 Å². The maximum atomic E-state index is 12.4. The third-order valence-electron chi connectivity index (χ3n) is 3.78. The zero-order valence-corrected chi connectivity index (χ0v) is 12.6. The second-order valence-corrected chi connectivity index (χ2v) is 7.00. The molecular weight excluding hydrogens is 260 g/mol. The minimum atomic E-state index is -3.39. The van der Waals surface area contributed by atoms with Crippen molar-refractivity contribution < 1.29 is 8.42 Å². The van der Waals surface area contributed by atoms with Crippen LogP contribution in [-0.4, -0.2) is 21.5 Å². The van der Waals surface area contributed by atoms with Crippen LogP contribution in [0.3, 0.4) is 0 Å². The monoisotopic (exact) mass is 282 g/mol. The van der Waals surface area contributed by atoms with Crippen LogP contribution in [0.1, 0.15) is 36.0 Å². The maximum Gasteiger partial charge on any atom is 0.241 e. The quantitative estimate of drug-likeness (QED) is 0.866. The van der Waals surface area contributed by atoms with Gasteiger partial charge in [0.05, 0.1) is 4.90 Å². The van der Waals surface area contributed by atoms with E-state index in [9.17, 15) is 8.42 Å². The normalized spacial score (nSPS) is 16.4. The smallest absolute Gasteiger partial charge is 0.241 e. The molecule has 0 atom stereocenters. The van der Waals surface area contributed by atoms with Gasteiger partial charge in [0.15, 0.2) is 0 Å². The first kappa shape index (κ1) is 14.5. The van der Waals surface area contributed by atoms with Crippen molar-refractivity contribution in [1.82, 2.24) is 10.0 Å². The lowest BCUT2D eigenvalue weighted by Crippen LogP contribution is -2.39. The zero-order valence-electron chi connectivity index (χ0n) is 11.8. The molecular formula is C14H22N2O2S. The van der Waals surface area contributed by atoms with Crippen LogP contribution in [0.25, 0.3) is 0 Å². The third-order valence-corrected chi connectivity index (χ3v) is 5.42. The number of hydrogen-bond donors (Lipinski definition) is 2. The molecule has 19 heavy (non-hydrogen) atoms. The molecule has 2 rings (SSSR count). The van der Waals surface area contributed by atoms with Crippen molar-refractivity contribution >= 4 is 10.0 Å². The van der Waals surface area contributed by atoms with E-state index in [-0.39, 0.29) is 6.04 Å². The summed E-state index contributed by atoms with van der Waals surface area (Å²) in [6, 6.07) is 3.94. The molecule has 0 spiro atoms. The maximum absolute atomic E-state index is 12.4. The standard InChI is InChI=1S/C14H22N2O2S/c1-10-7-12(9-15-3)8-14(11(10)2)19(17,18)16-13-5-4-6-13/h7-8,13,15-16H,4-6,9H2,1-3H3. The summed E-state index contributed by atoms with van der Waals surface area (Å²) in [7, 11) is -1.54. The second kappa shape index (κ2) is 5.61. The van der Waals surface area contributed by atoms with Crippen molar-refractivity contribution in [3.63, 3.8) is 0 Å². The van der Waals surface area contributed by atoms with E-state index in [0.717, 1.165) is 36.0 Å². The molecule has 1 aromatic rings. The van der Waals surface area contributed by atoms with Gasteiger partial charge < -0.3 is 5.32 Å². The molecule has 2 N–H and O–H groups in total. The molecule has 1 fully saturated rings. The van der Waals surface area contributed by atoms with Gasteiger partial charge in [0, 0.05) is 12.6 Å². The second-order valence-electron chi connectivity index (χ2n) is 5.32. The van der Waals surface area contributed by atoms with E-state index in [1.807, 2.05) is 27.0 Å². The zero-order chi connectivity index (χ0) is 14.0. The molecule has 0 heterocycles. The number of benzene rings is 1. The predicted molar refractivity (Wildman–Crippen MR) is 76.6 cm³/mol. The molecule has 1 aliphatic carbocycles.